The summed E-state index contributed by atoms with van der Waals surface area (Å²) in [6, 6.07) is 2.15. The highest BCUT2D eigenvalue weighted by Crippen LogP contribution is 2.27. The predicted molar refractivity (Wildman–Crippen MR) is 90.6 cm³/mol. The molecule has 1 N–H and O–H groups in total. The Labute approximate surface area is 142 Å². The molecule has 1 fully saturated rings. The lowest BCUT2D eigenvalue weighted by Crippen LogP contribution is -2.40. The van der Waals surface area contributed by atoms with Gasteiger partial charge in [0.25, 0.3) is 0 Å². The minimum absolute atomic E-state index is 0.131. The van der Waals surface area contributed by atoms with Crippen molar-refractivity contribution in [3.63, 3.8) is 0 Å². The third-order valence-electron chi connectivity index (χ3n) is 4.67. The Morgan fingerprint density at radius 3 is 2.96 bits per heavy atom. The monoisotopic (exact) mass is 330 g/mol. The topological polar surface area (TPSA) is 79.7 Å². The molecule has 2 aromatic heterocycles. The van der Waals surface area contributed by atoms with E-state index in [4.69, 9.17) is 0 Å². The predicted octanol–water partition coefficient (Wildman–Crippen LogP) is 2.09. The summed E-state index contributed by atoms with van der Waals surface area (Å²) in [4.78, 5) is 14.5. The minimum Gasteiger partial charge on any atom is -0.342 e. The zero-order valence-corrected chi connectivity index (χ0v) is 14.7. The zero-order valence-electron chi connectivity index (χ0n) is 14.7. The van der Waals surface area contributed by atoms with Crippen LogP contribution in [0.25, 0.3) is 0 Å². The Kier molecular flexibility index (Phi) is 4.97. The van der Waals surface area contributed by atoms with E-state index in [1.807, 2.05) is 18.0 Å². The highest BCUT2D eigenvalue weighted by molar-refractivity contribution is 5.78. The number of hydrogen-bond acceptors (Lipinski definition) is 4. The largest absolute Gasteiger partial charge is 0.342 e. The maximum absolute atomic E-state index is 12.6. The summed E-state index contributed by atoms with van der Waals surface area (Å²) in [7, 11) is 0. The van der Waals surface area contributed by atoms with E-state index < -0.39 is 0 Å². The smallest absolute Gasteiger partial charge is 0.228 e. The third-order valence-corrected chi connectivity index (χ3v) is 4.67. The van der Waals surface area contributed by atoms with Crippen LogP contribution in [0, 0.1) is 0 Å². The number of likely N-dealkylation sites (tertiary alicyclic amines) is 1. The van der Waals surface area contributed by atoms with Crippen molar-refractivity contribution in [2.75, 3.05) is 13.1 Å². The van der Waals surface area contributed by atoms with Gasteiger partial charge in [-0.2, -0.15) is 5.10 Å². The fourth-order valence-corrected chi connectivity index (χ4v) is 3.16. The molecular weight excluding hydrogens is 304 g/mol. The molecule has 1 aliphatic rings. The number of carbonyl (C=O) groups excluding carboxylic acids is 1. The number of H-pyrrole nitrogens is 1. The fourth-order valence-electron chi connectivity index (χ4n) is 3.16. The Morgan fingerprint density at radius 2 is 2.29 bits per heavy atom. The molecule has 7 heteroatoms. The maximum atomic E-state index is 12.6. The molecular formula is C17H26N6O. The molecule has 1 saturated heterocycles. The number of carbonyl (C=O) groups is 1. The van der Waals surface area contributed by atoms with Crippen molar-refractivity contribution in [1.82, 2.24) is 30.1 Å². The first kappa shape index (κ1) is 16.7. The molecule has 0 aromatic carbocycles. The number of aromatic nitrogens is 5. The average molecular weight is 330 g/mol. The van der Waals surface area contributed by atoms with Crippen LogP contribution in [0.3, 0.4) is 0 Å². The average Bonchev–Trinajstić information content (AvgIpc) is 3.24. The molecule has 7 nitrogen and oxygen atoms in total. The van der Waals surface area contributed by atoms with E-state index in [0.717, 1.165) is 49.6 Å². The Bertz CT molecular complexity index is 689. The van der Waals surface area contributed by atoms with Gasteiger partial charge in [0.2, 0.25) is 5.91 Å². The van der Waals surface area contributed by atoms with Crippen LogP contribution in [0.5, 0.6) is 0 Å². The molecule has 0 aliphatic carbocycles. The van der Waals surface area contributed by atoms with Gasteiger partial charge in [-0.05, 0) is 31.7 Å². The SMILES string of the molecule is CCn1cc(CC(=O)N2CCCC(c3cc(C(C)C)n[nH]3)C2)nn1. The first-order valence-electron chi connectivity index (χ1n) is 8.78. The second kappa shape index (κ2) is 7.15. The van der Waals surface area contributed by atoms with Crippen LogP contribution in [0.15, 0.2) is 12.3 Å². The molecule has 0 radical (unpaired) electrons. The molecule has 3 heterocycles. The van der Waals surface area contributed by atoms with Crippen LogP contribution >= 0.6 is 0 Å². The Hall–Kier alpha value is -2.18. The van der Waals surface area contributed by atoms with E-state index in [1.165, 1.54) is 0 Å². The quantitative estimate of drug-likeness (QED) is 0.910. The van der Waals surface area contributed by atoms with Gasteiger partial charge in [-0.3, -0.25) is 14.6 Å². The molecule has 0 spiro atoms. The van der Waals surface area contributed by atoms with Gasteiger partial charge in [0.1, 0.15) is 0 Å². The highest BCUT2D eigenvalue weighted by Gasteiger charge is 2.26. The minimum atomic E-state index is 0.131. The lowest BCUT2D eigenvalue weighted by molar-refractivity contribution is -0.131. The van der Waals surface area contributed by atoms with Crippen LogP contribution < -0.4 is 0 Å². The molecule has 3 rings (SSSR count). The summed E-state index contributed by atoms with van der Waals surface area (Å²) < 4.78 is 1.75. The van der Waals surface area contributed by atoms with Crippen LogP contribution in [0.4, 0.5) is 0 Å². The number of nitrogens with one attached hydrogen (secondary N) is 1. The van der Waals surface area contributed by atoms with Crippen LogP contribution in [0.2, 0.25) is 0 Å². The second-order valence-electron chi connectivity index (χ2n) is 6.82. The zero-order chi connectivity index (χ0) is 17.1. The van der Waals surface area contributed by atoms with Crippen LogP contribution in [0.1, 0.15) is 62.5 Å². The molecule has 130 valence electrons. The standard InChI is InChI=1S/C17H26N6O/c1-4-23-11-14(18-21-23)8-17(24)22-7-5-6-13(10-22)16-9-15(12(2)3)19-20-16/h9,11-13H,4-8,10H2,1-3H3,(H,19,20). The summed E-state index contributed by atoms with van der Waals surface area (Å²) in [5, 5.41) is 15.6. The summed E-state index contributed by atoms with van der Waals surface area (Å²) in [6.07, 6.45) is 4.29. The van der Waals surface area contributed by atoms with Crippen molar-refractivity contribution in [2.24, 2.45) is 0 Å². The van der Waals surface area contributed by atoms with Gasteiger partial charge in [-0.25, -0.2) is 0 Å². The first-order valence-corrected chi connectivity index (χ1v) is 8.78. The fraction of sp³-hybridized carbons (Fsp3) is 0.647. The Morgan fingerprint density at radius 1 is 1.46 bits per heavy atom. The van der Waals surface area contributed by atoms with E-state index >= 15 is 0 Å². The van der Waals surface area contributed by atoms with Gasteiger partial charge in [-0.15, -0.1) is 5.10 Å². The summed E-state index contributed by atoms with van der Waals surface area (Å²) in [6.45, 7) is 8.62. The van der Waals surface area contributed by atoms with Crippen molar-refractivity contribution in [1.29, 1.82) is 0 Å². The molecule has 2 aromatic rings. The van der Waals surface area contributed by atoms with E-state index in [0.29, 0.717) is 18.3 Å². The third kappa shape index (κ3) is 3.66. The van der Waals surface area contributed by atoms with Gasteiger partial charge < -0.3 is 4.90 Å². The molecule has 0 bridgehead atoms. The van der Waals surface area contributed by atoms with Crippen molar-refractivity contribution in [3.05, 3.63) is 29.3 Å². The van der Waals surface area contributed by atoms with Crippen molar-refractivity contribution < 1.29 is 4.79 Å². The highest BCUT2D eigenvalue weighted by atomic mass is 16.2. The molecule has 0 saturated carbocycles. The van der Waals surface area contributed by atoms with Gasteiger partial charge in [0, 0.05) is 37.4 Å². The lowest BCUT2D eigenvalue weighted by Gasteiger charge is -2.32. The Balaban J connectivity index is 1.62. The van der Waals surface area contributed by atoms with E-state index in [-0.39, 0.29) is 5.91 Å². The number of hydrogen-bond donors (Lipinski definition) is 1. The van der Waals surface area contributed by atoms with Gasteiger partial charge in [0.15, 0.2) is 0 Å². The normalized spacial score (nSPS) is 18.3. The van der Waals surface area contributed by atoms with Gasteiger partial charge in [-0.1, -0.05) is 19.1 Å². The number of nitrogens with zero attached hydrogens (tertiary/aromatic N) is 5. The van der Waals surface area contributed by atoms with Crippen molar-refractivity contribution in [2.45, 2.75) is 58.4 Å². The summed E-state index contributed by atoms with van der Waals surface area (Å²) in [5.41, 5.74) is 2.98. The van der Waals surface area contributed by atoms with E-state index in [9.17, 15) is 4.79 Å². The molecule has 1 amide bonds. The summed E-state index contributed by atoms with van der Waals surface area (Å²) in [5.74, 6) is 0.887. The number of amides is 1. The lowest BCUT2D eigenvalue weighted by atomic mass is 9.94. The number of piperidine rings is 1. The number of aryl methyl sites for hydroxylation is 1. The van der Waals surface area contributed by atoms with E-state index in [2.05, 4.69) is 40.4 Å². The second-order valence-corrected chi connectivity index (χ2v) is 6.82. The van der Waals surface area contributed by atoms with Crippen LogP contribution in [-0.4, -0.2) is 49.1 Å². The van der Waals surface area contributed by atoms with Gasteiger partial charge in [0.05, 0.1) is 17.8 Å². The van der Waals surface area contributed by atoms with Crippen molar-refractivity contribution >= 4 is 5.91 Å². The number of aromatic amines is 1. The van der Waals surface area contributed by atoms with E-state index in [1.54, 1.807) is 4.68 Å². The van der Waals surface area contributed by atoms with Crippen LogP contribution in [-0.2, 0) is 17.8 Å². The molecule has 24 heavy (non-hydrogen) atoms. The first-order chi connectivity index (χ1) is 11.6. The molecule has 1 unspecified atom stereocenters. The van der Waals surface area contributed by atoms with Crippen molar-refractivity contribution in [3.8, 4) is 0 Å². The molecule has 1 aliphatic heterocycles. The maximum Gasteiger partial charge on any atom is 0.228 e. The van der Waals surface area contributed by atoms with Gasteiger partial charge >= 0.3 is 0 Å². The summed E-state index contributed by atoms with van der Waals surface area (Å²) >= 11 is 0. The number of rotatable bonds is 5. The molecule has 1 atom stereocenters.